The summed E-state index contributed by atoms with van der Waals surface area (Å²) in [5.74, 6) is 0. The lowest BCUT2D eigenvalue weighted by Gasteiger charge is -2.04. The molecule has 0 atom stereocenters. The predicted molar refractivity (Wildman–Crippen MR) is 53.0 cm³/mol. The number of aromatic amines is 1. The highest BCUT2D eigenvalue weighted by Gasteiger charge is 2.11. The number of benzene rings is 1. The number of rotatable bonds is 1. The smallest absolute Gasteiger partial charge is 0.113 e. The van der Waals surface area contributed by atoms with Gasteiger partial charge in [0.25, 0.3) is 0 Å². The van der Waals surface area contributed by atoms with Crippen LogP contribution in [0.2, 0.25) is 0 Å². The molecule has 1 N–H and O–H groups in total. The summed E-state index contributed by atoms with van der Waals surface area (Å²) >= 11 is 0. The third-order valence-electron chi connectivity index (χ3n) is 1.92. The Balaban J connectivity index is 2.67. The van der Waals surface area contributed by atoms with Crippen LogP contribution in [0.25, 0.3) is 11.0 Å². The van der Waals surface area contributed by atoms with Crippen LogP contribution in [-0.4, -0.2) is 28.7 Å². The minimum atomic E-state index is -2.18. The zero-order valence-electron chi connectivity index (χ0n) is 7.48. The van der Waals surface area contributed by atoms with Gasteiger partial charge in [-0.3, -0.25) is 0 Å². The molecule has 5 heteroatoms. The van der Waals surface area contributed by atoms with E-state index in [0.29, 0.717) is 0 Å². The van der Waals surface area contributed by atoms with E-state index in [0.717, 1.165) is 16.3 Å². The number of hydrogen-bond donors (Lipinski definition) is 1. The standard InChI is InChI=1S/C8H10N3OP/c1-13(2,12)6-3-4-7-8(5-6)10-11-9-7/h3-5H,1-2H3,(H,9,10,11). The molecule has 0 aliphatic rings. The van der Waals surface area contributed by atoms with E-state index < -0.39 is 7.14 Å². The van der Waals surface area contributed by atoms with Crippen LogP contribution in [0.15, 0.2) is 18.2 Å². The minimum absolute atomic E-state index is 0.765. The molecule has 0 aliphatic heterocycles. The fraction of sp³-hybridized carbons (Fsp3) is 0.250. The second-order valence-corrected chi connectivity index (χ2v) is 6.57. The monoisotopic (exact) mass is 195 g/mol. The highest BCUT2D eigenvalue weighted by Crippen LogP contribution is 2.34. The number of hydrogen-bond acceptors (Lipinski definition) is 3. The normalized spacial score (nSPS) is 12.2. The van der Waals surface area contributed by atoms with Crippen molar-refractivity contribution in [3.05, 3.63) is 18.2 Å². The van der Waals surface area contributed by atoms with Gasteiger partial charge in [0.2, 0.25) is 0 Å². The second kappa shape index (κ2) is 2.67. The van der Waals surface area contributed by atoms with Crippen molar-refractivity contribution in [3.8, 4) is 0 Å². The zero-order chi connectivity index (χ0) is 9.47. The average Bonchev–Trinajstić information content (AvgIpc) is 2.47. The molecular formula is C8H10N3OP. The molecule has 0 spiro atoms. The van der Waals surface area contributed by atoms with Crippen molar-refractivity contribution >= 4 is 23.5 Å². The highest BCUT2D eigenvalue weighted by atomic mass is 31.2. The Bertz CT molecular complexity index is 485. The van der Waals surface area contributed by atoms with E-state index in [1.54, 1.807) is 13.3 Å². The van der Waals surface area contributed by atoms with Gasteiger partial charge in [0.1, 0.15) is 18.2 Å². The molecule has 1 aromatic heterocycles. The van der Waals surface area contributed by atoms with Crippen LogP contribution in [0, 0.1) is 0 Å². The average molecular weight is 195 g/mol. The number of nitrogens with one attached hydrogen (secondary N) is 1. The van der Waals surface area contributed by atoms with Crippen LogP contribution in [0.5, 0.6) is 0 Å². The molecule has 2 aromatic rings. The first-order chi connectivity index (χ1) is 6.07. The Morgan fingerprint density at radius 1 is 1.23 bits per heavy atom. The van der Waals surface area contributed by atoms with Crippen LogP contribution in [-0.2, 0) is 4.57 Å². The van der Waals surface area contributed by atoms with Crippen molar-refractivity contribution in [2.45, 2.75) is 0 Å². The van der Waals surface area contributed by atoms with Crippen molar-refractivity contribution in [1.29, 1.82) is 0 Å². The van der Waals surface area contributed by atoms with Crippen molar-refractivity contribution in [2.24, 2.45) is 0 Å². The largest absolute Gasteiger partial charge is 0.319 e. The van der Waals surface area contributed by atoms with Gasteiger partial charge in [-0.2, -0.15) is 15.4 Å². The van der Waals surface area contributed by atoms with Gasteiger partial charge in [0.15, 0.2) is 0 Å². The second-order valence-electron chi connectivity index (χ2n) is 3.35. The number of aromatic nitrogens is 3. The molecule has 0 fully saturated rings. The lowest BCUT2D eigenvalue weighted by molar-refractivity contribution is 0.588. The molecule has 4 nitrogen and oxygen atoms in total. The highest BCUT2D eigenvalue weighted by molar-refractivity contribution is 7.70. The Morgan fingerprint density at radius 2 is 1.92 bits per heavy atom. The van der Waals surface area contributed by atoms with Gasteiger partial charge in [-0.1, -0.05) is 0 Å². The maximum absolute atomic E-state index is 11.7. The Morgan fingerprint density at radius 3 is 2.62 bits per heavy atom. The summed E-state index contributed by atoms with van der Waals surface area (Å²) in [6, 6.07) is 5.49. The maximum Gasteiger partial charge on any atom is 0.113 e. The van der Waals surface area contributed by atoms with Crippen molar-refractivity contribution in [2.75, 3.05) is 13.3 Å². The van der Waals surface area contributed by atoms with Gasteiger partial charge in [0.05, 0.1) is 0 Å². The molecule has 0 radical (unpaired) electrons. The molecule has 0 amide bonds. The first-order valence-electron chi connectivity index (χ1n) is 3.93. The summed E-state index contributed by atoms with van der Waals surface area (Å²) in [5.41, 5.74) is 1.57. The van der Waals surface area contributed by atoms with E-state index in [-0.39, 0.29) is 0 Å². The van der Waals surface area contributed by atoms with Gasteiger partial charge >= 0.3 is 0 Å². The molecule has 1 aromatic carbocycles. The molecule has 0 unspecified atom stereocenters. The van der Waals surface area contributed by atoms with E-state index in [1.165, 1.54) is 0 Å². The lowest BCUT2D eigenvalue weighted by Crippen LogP contribution is -2.01. The summed E-state index contributed by atoms with van der Waals surface area (Å²) in [5, 5.41) is 11.2. The zero-order valence-corrected chi connectivity index (χ0v) is 8.38. The molecule has 13 heavy (non-hydrogen) atoms. The summed E-state index contributed by atoms with van der Waals surface area (Å²) < 4.78 is 11.7. The summed E-state index contributed by atoms with van der Waals surface area (Å²) in [6.07, 6.45) is 0. The maximum atomic E-state index is 11.7. The topological polar surface area (TPSA) is 58.6 Å². The number of fused-ring (bicyclic) bond motifs is 1. The third-order valence-corrected chi connectivity index (χ3v) is 3.44. The Hall–Kier alpha value is -1.15. The van der Waals surface area contributed by atoms with Crippen LogP contribution < -0.4 is 5.30 Å². The van der Waals surface area contributed by atoms with E-state index in [2.05, 4.69) is 15.4 Å². The molecule has 2 rings (SSSR count). The molecule has 0 saturated carbocycles. The number of nitrogens with zero attached hydrogens (tertiary/aromatic N) is 2. The molecule has 1 heterocycles. The van der Waals surface area contributed by atoms with Gasteiger partial charge in [-0.15, -0.1) is 0 Å². The molecule has 68 valence electrons. The Labute approximate surface area is 75.7 Å². The van der Waals surface area contributed by atoms with Gasteiger partial charge in [-0.25, -0.2) is 0 Å². The summed E-state index contributed by atoms with van der Waals surface area (Å²) in [4.78, 5) is 0. The molecule has 0 bridgehead atoms. The SMILES string of the molecule is CP(C)(=O)c1ccc2n[nH]nc2c1. The van der Waals surface area contributed by atoms with E-state index >= 15 is 0 Å². The van der Waals surface area contributed by atoms with Crippen LogP contribution in [0.3, 0.4) is 0 Å². The fourth-order valence-electron chi connectivity index (χ4n) is 1.16. The molecular weight excluding hydrogens is 185 g/mol. The summed E-state index contributed by atoms with van der Waals surface area (Å²) in [7, 11) is -2.18. The fourth-order valence-corrected chi connectivity index (χ4v) is 2.03. The van der Waals surface area contributed by atoms with E-state index in [4.69, 9.17) is 0 Å². The van der Waals surface area contributed by atoms with Crippen LogP contribution in [0.1, 0.15) is 0 Å². The lowest BCUT2D eigenvalue weighted by atomic mass is 10.3. The first kappa shape index (κ1) is 8.45. The van der Waals surface area contributed by atoms with E-state index in [9.17, 15) is 4.57 Å². The number of H-pyrrole nitrogens is 1. The van der Waals surface area contributed by atoms with Gasteiger partial charge in [0, 0.05) is 5.30 Å². The first-order valence-corrected chi connectivity index (χ1v) is 6.53. The van der Waals surface area contributed by atoms with Gasteiger partial charge in [-0.05, 0) is 31.5 Å². The minimum Gasteiger partial charge on any atom is -0.319 e. The van der Waals surface area contributed by atoms with Crippen molar-refractivity contribution < 1.29 is 4.57 Å². The molecule has 0 aliphatic carbocycles. The van der Waals surface area contributed by atoms with Crippen LogP contribution in [0.4, 0.5) is 0 Å². The third kappa shape index (κ3) is 1.49. The quantitative estimate of drug-likeness (QED) is 0.695. The molecule has 0 saturated heterocycles. The predicted octanol–water partition coefficient (Wildman–Crippen LogP) is 1.21. The Kier molecular flexibility index (Phi) is 1.74. The van der Waals surface area contributed by atoms with Gasteiger partial charge < -0.3 is 4.57 Å². The van der Waals surface area contributed by atoms with Crippen molar-refractivity contribution in [1.82, 2.24) is 15.4 Å². The van der Waals surface area contributed by atoms with E-state index in [1.807, 2.05) is 18.2 Å². The van der Waals surface area contributed by atoms with Crippen LogP contribution >= 0.6 is 7.14 Å². The van der Waals surface area contributed by atoms with Crippen molar-refractivity contribution in [3.63, 3.8) is 0 Å². The summed E-state index contributed by atoms with van der Waals surface area (Å²) in [6.45, 7) is 3.49.